The van der Waals surface area contributed by atoms with Crippen LogP contribution in [-0.4, -0.2) is 18.2 Å². The summed E-state index contributed by atoms with van der Waals surface area (Å²) in [4.78, 5) is 0.354. The molecule has 1 aromatic rings. The molecule has 0 spiro atoms. The lowest BCUT2D eigenvalue weighted by atomic mass is 10.2. The standard InChI is InChI=1S/C11H15NO2S/c1-8(11(12)15)14-10-5-3-4-9(6-10)7-13-2/h3-6,8H,7H2,1-2H3,(H2,12,15). The van der Waals surface area contributed by atoms with Crippen LogP contribution in [0, 0.1) is 0 Å². The Morgan fingerprint density at radius 1 is 1.53 bits per heavy atom. The summed E-state index contributed by atoms with van der Waals surface area (Å²) >= 11 is 4.83. The number of hydrogen-bond donors (Lipinski definition) is 1. The van der Waals surface area contributed by atoms with Gasteiger partial charge in [-0.1, -0.05) is 24.4 Å². The molecule has 0 radical (unpaired) electrons. The van der Waals surface area contributed by atoms with Gasteiger partial charge in [0.2, 0.25) is 0 Å². The molecule has 1 aromatic carbocycles. The highest BCUT2D eigenvalue weighted by molar-refractivity contribution is 7.80. The molecule has 1 rings (SSSR count). The molecule has 1 unspecified atom stereocenters. The summed E-state index contributed by atoms with van der Waals surface area (Å²) in [6.07, 6.45) is -0.252. The Bertz CT molecular complexity index is 341. The van der Waals surface area contributed by atoms with Crippen LogP contribution in [0.25, 0.3) is 0 Å². The van der Waals surface area contributed by atoms with E-state index in [9.17, 15) is 0 Å². The first kappa shape index (κ1) is 11.9. The van der Waals surface area contributed by atoms with E-state index < -0.39 is 0 Å². The van der Waals surface area contributed by atoms with Crippen LogP contribution < -0.4 is 10.5 Å². The number of benzene rings is 1. The van der Waals surface area contributed by atoms with Gasteiger partial charge in [-0.3, -0.25) is 0 Å². The average molecular weight is 225 g/mol. The van der Waals surface area contributed by atoms with E-state index in [0.29, 0.717) is 11.6 Å². The van der Waals surface area contributed by atoms with Gasteiger partial charge in [0.05, 0.1) is 6.61 Å². The molecule has 0 saturated heterocycles. The first-order chi connectivity index (χ1) is 7.13. The van der Waals surface area contributed by atoms with Gasteiger partial charge in [-0.25, -0.2) is 0 Å². The maximum atomic E-state index is 5.54. The molecule has 0 saturated carbocycles. The third-order valence-corrected chi connectivity index (χ3v) is 2.25. The van der Waals surface area contributed by atoms with Crippen LogP contribution in [0.2, 0.25) is 0 Å². The van der Waals surface area contributed by atoms with Crippen molar-refractivity contribution in [3.8, 4) is 5.75 Å². The Morgan fingerprint density at radius 3 is 2.87 bits per heavy atom. The van der Waals surface area contributed by atoms with Gasteiger partial charge >= 0.3 is 0 Å². The van der Waals surface area contributed by atoms with E-state index in [0.717, 1.165) is 11.3 Å². The zero-order chi connectivity index (χ0) is 11.3. The molecule has 0 aliphatic heterocycles. The van der Waals surface area contributed by atoms with Crippen LogP contribution in [0.15, 0.2) is 24.3 Å². The van der Waals surface area contributed by atoms with Crippen LogP contribution in [-0.2, 0) is 11.3 Å². The zero-order valence-electron chi connectivity index (χ0n) is 8.90. The fraction of sp³-hybridized carbons (Fsp3) is 0.364. The summed E-state index contributed by atoms with van der Waals surface area (Å²) in [6, 6.07) is 7.67. The second-order valence-corrected chi connectivity index (χ2v) is 3.71. The van der Waals surface area contributed by atoms with Gasteiger partial charge in [0.15, 0.2) is 0 Å². The van der Waals surface area contributed by atoms with Crippen molar-refractivity contribution in [3.05, 3.63) is 29.8 Å². The lowest BCUT2D eigenvalue weighted by molar-refractivity contribution is 0.184. The van der Waals surface area contributed by atoms with Crippen LogP contribution in [0.5, 0.6) is 5.75 Å². The van der Waals surface area contributed by atoms with E-state index >= 15 is 0 Å². The zero-order valence-corrected chi connectivity index (χ0v) is 9.71. The quantitative estimate of drug-likeness (QED) is 0.777. The van der Waals surface area contributed by atoms with Crippen molar-refractivity contribution in [1.29, 1.82) is 0 Å². The second kappa shape index (κ2) is 5.68. The molecule has 82 valence electrons. The van der Waals surface area contributed by atoms with Crippen LogP contribution >= 0.6 is 12.2 Å². The molecule has 0 heterocycles. The second-order valence-electron chi connectivity index (χ2n) is 3.24. The van der Waals surface area contributed by atoms with Crippen molar-refractivity contribution in [3.63, 3.8) is 0 Å². The van der Waals surface area contributed by atoms with Gasteiger partial charge in [-0.2, -0.15) is 0 Å². The molecule has 2 N–H and O–H groups in total. The molecule has 3 nitrogen and oxygen atoms in total. The largest absolute Gasteiger partial charge is 0.484 e. The average Bonchev–Trinajstić information content (AvgIpc) is 2.18. The maximum absolute atomic E-state index is 5.54. The monoisotopic (exact) mass is 225 g/mol. The van der Waals surface area contributed by atoms with Crippen molar-refractivity contribution >= 4 is 17.2 Å². The fourth-order valence-electron chi connectivity index (χ4n) is 1.14. The Morgan fingerprint density at radius 2 is 2.27 bits per heavy atom. The topological polar surface area (TPSA) is 44.5 Å². The molecule has 1 atom stereocenters. The van der Waals surface area contributed by atoms with E-state index in [2.05, 4.69) is 0 Å². The minimum absolute atomic E-state index is 0.252. The summed E-state index contributed by atoms with van der Waals surface area (Å²) in [5, 5.41) is 0. The lowest BCUT2D eigenvalue weighted by Gasteiger charge is -2.13. The number of nitrogens with two attached hydrogens (primary N) is 1. The predicted molar refractivity (Wildman–Crippen MR) is 64.0 cm³/mol. The van der Waals surface area contributed by atoms with Gasteiger partial charge in [0, 0.05) is 7.11 Å². The van der Waals surface area contributed by atoms with Crippen molar-refractivity contribution in [1.82, 2.24) is 0 Å². The van der Waals surface area contributed by atoms with Crippen molar-refractivity contribution in [2.24, 2.45) is 5.73 Å². The Balaban J connectivity index is 2.68. The molecular formula is C11H15NO2S. The Labute approximate surface area is 95.2 Å². The molecule has 0 bridgehead atoms. The minimum Gasteiger partial charge on any atom is -0.484 e. The summed E-state index contributed by atoms with van der Waals surface area (Å²) in [7, 11) is 1.66. The maximum Gasteiger partial charge on any atom is 0.145 e. The van der Waals surface area contributed by atoms with Gasteiger partial charge < -0.3 is 15.2 Å². The number of rotatable bonds is 5. The summed E-state index contributed by atoms with van der Waals surface area (Å²) in [5.74, 6) is 0.754. The highest BCUT2D eigenvalue weighted by Gasteiger charge is 2.06. The molecule has 0 aliphatic carbocycles. The highest BCUT2D eigenvalue weighted by Crippen LogP contribution is 2.15. The van der Waals surface area contributed by atoms with E-state index in [1.54, 1.807) is 7.11 Å². The molecule has 0 aromatic heterocycles. The third kappa shape index (κ3) is 3.85. The smallest absolute Gasteiger partial charge is 0.145 e. The first-order valence-electron chi connectivity index (χ1n) is 4.67. The van der Waals surface area contributed by atoms with Crippen molar-refractivity contribution < 1.29 is 9.47 Å². The van der Waals surface area contributed by atoms with E-state index in [4.69, 9.17) is 27.4 Å². The van der Waals surface area contributed by atoms with E-state index in [1.165, 1.54) is 0 Å². The van der Waals surface area contributed by atoms with Crippen LogP contribution in [0.1, 0.15) is 12.5 Å². The highest BCUT2D eigenvalue weighted by atomic mass is 32.1. The molecule has 15 heavy (non-hydrogen) atoms. The summed E-state index contributed by atoms with van der Waals surface area (Å²) in [5.41, 5.74) is 6.52. The summed E-state index contributed by atoms with van der Waals surface area (Å²) in [6.45, 7) is 2.39. The van der Waals surface area contributed by atoms with Gasteiger partial charge in [0.25, 0.3) is 0 Å². The van der Waals surface area contributed by atoms with E-state index in [-0.39, 0.29) is 6.10 Å². The van der Waals surface area contributed by atoms with Gasteiger partial charge in [-0.05, 0) is 24.6 Å². The number of hydrogen-bond acceptors (Lipinski definition) is 3. The van der Waals surface area contributed by atoms with Crippen molar-refractivity contribution in [2.45, 2.75) is 19.6 Å². The van der Waals surface area contributed by atoms with E-state index in [1.807, 2.05) is 31.2 Å². The van der Waals surface area contributed by atoms with Crippen LogP contribution in [0.4, 0.5) is 0 Å². The van der Waals surface area contributed by atoms with Gasteiger partial charge in [0.1, 0.15) is 16.8 Å². The third-order valence-electron chi connectivity index (χ3n) is 1.92. The number of thiocarbonyl (C=S) groups is 1. The molecule has 4 heteroatoms. The lowest BCUT2D eigenvalue weighted by Crippen LogP contribution is -2.28. The van der Waals surface area contributed by atoms with Gasteiger partial charge in [-0.15, -0.1) is 0 Å². The van der Waals surface area contributed by atoms with Crippen molar-refractivity contribution in [2.75, 3.05) is 7.11 Å². The minimum atomic E-state index is -0.252. The number of ether oxygens (including phenoxy) is 2. The Hall–Kier alpha value is -1.13. The molecule has 0 amide bonds. The first-order valence-corrected chi connectivity index (χ1v) is 5.08. The van der Waals surface area contributed by atoms with Crippen LogP contribution in [0.3, 0.4) is 0 Å². The molecule has 0 fully saturated rings. The molecule has 0 aliphatic rings. The predicted octanol–water partition coefficient (Wildman–Crippen LogP) is 1.89. The Kier molecular flexibility index (Phi) is 4.52. The normalized spacial score (nSPS) is 12.1. The molecular weight excluding hydrogens is 210 g/mol. The summed E-state index contributed by atoms with van der Waals surface area (Å²) < 4.78 is 10.6. The fourth-order valence-corrected chi connectivity index (χ4v) is 1.19. The number of methoxy groups -OCH3 is 1. The SMILES string of the molecule is COCc1cccc(OC(C)C(N)=S)c1.